The molecule has 0 saturated heterocycles. The molecule has 0 saturated carbocycles. The molecule has 0 bridgehead atoms. The van der Waals surface area contributed by atoms with Gasteiger partial charge >= 0.3 is 0 Å². The van der Waals surface area contributed by atoms with Gasteiger partial charge in [-0.25, -0.2) is 0 Å². The first-order valence-electron chi connectivity index (χ1n) is 23.8. The smallest absolute Gasteiger partial charge is 0.0546 e. The van der Waals surface area contributed by atoms with Crippen LogP contribution in [0.4, 0.5) is 34.1 Å². The molecule has 0 aliphatic heterocycles. The van der Waals surface area contributed by atoms with E-state index in [2.05, 4.69) is 265 Å². The number of benzene rings is 12. The van der Waals surface area contributed by atoms with Crippen molar-refractivity contribution >= 4 is 129 Å². The highest BCUT2D eigenvalue weighted by Gasteiger charge is 2.25. The number of fused-ring (bicyclic) bond motifs is 9. The predicted molar refractivity (Wildman–Crippen MR) is 305 cm³/mol. The zero-order valence-electron chi connectivity index (χ0n) is 38.0. The van der Waals surface area contributed by atoms with Gasteiger partial charge in [0.25, 0.3) is 0 Å². The van der Waals surface area contributed by atoms with Crippen molar-refractivity contribution in [3.63, 3.8) is 0 Å². The Kier molecular flexibility index (Phi) is 9.61. The van der Waals surface area contributed by atoms with E-state index in [-0.39, 0.29) is 0 Å². The van der Waals surface area contributed by atoms with Crippen LogP contribution in [0.15, 0.2) is 255 Å². The van der Waals surface area contributed by atoms with Crippen LogP contribution >= 0.6 is 22.7 Å². The first-order valence-corrected chi connectivity index (χ1v) is 25.4. The summed E-state index contributed by atoms with van der Waals surface area (Å²) in [6.07, 6.45) is 0. The molecule has 0 aliphatic carbocycles. The Bertz CT molecular complexity index is 4030. The Morgan fingerprint density at radius 3 is 1.06 bits per heavy atom. The highest BCUT2D eigenvalue weighted by atomic mass is 32.1. The van der Waals surface area contributed by atoms with Crippen molar-refractivity contribution in [2.75, 3.05) is 9.80 Å². The van der Waals surface area contributed by atoms with E-state index in [1.165, 1.54) is 61.9 Å². The quantitative estimate of drug-likeness (QED) is 0.150. The molecule has 328 valence electrons. The number of rotatable bonds is 8. The Balaban J connectivity index is 1.07. The van der Waals surface area contributed by atoms with Gasteiger partial charge in [0.15, 0.2) is 0 Å². The molecular formula is C66H42N2S2. The number of thiophene rings is 2. The molecule has 0 fully saturated rings. The van der Waals surface area contributed by atoms with Crippen molar-refractivity contribution in [1.82, 2.24) is 0 Å². The highest BCUT2D eigenvalue weighted by molar-refractivity contribution is 7.26. The molecule has 2 heterocycles. The molecule has 0 unspecified atom stereocenters. The van der Waals surface area contributed by atoms with Gasteiger partial charge in [-0.15, -0.1) is 22.7 Å². The van der Waals surface area contributed by atoms with E-state index in [0.29, 0.717) is 0 Å². The zero-order chi connectivity index (χ0) is 46.1. The maximum Gasteiger partial charge on any atom is 0.0546 e. The lowest BCUT2D eigenvalue weighted by Gasteiger charge is -2.31. The van der Waals surface area contributed by atoms with E-state index in [1.54, 1.807) is 0 Å². The van der Waals surface area contributed by atoms with Crippen molar-refractivity contribution in [1.29, 1.82) is 0 Å². The summed E-state index contributed by atoms with van der Waals surface area (Å²) in [5, 5.41) is 12.3. The summed E-state index contributed by atoms with van der Waals surface area (Å²) in [6, 6.07) is 94.2. The van der Waals surface area contributed by atoms with E-state index in [9.17, 15) is 0 Å². The van der Waals surface area contributed by atoms with Gasteiger partial charge in [0.2, 0.25) is 0 Å². The molecule has 12 aromatic carbocycles. The third-order valence-corrected chi connectivity index (χ3v) is 16.2. The van der Waals surface area contributed by atoms with Crippen LogP contribution < -0.4 is 9.80 Å². The summed E-state index contributed by atoms with van der Waals surface area (Å²) < 4.78 is 5.13. The minimum Gasteiger partial charge on any atom is -0.309 e. The van der Waals surface area contributed by atoms with Crippen LogP contribution in [-0.2, 0) is 0 Å². The van der Waals surface area contributed by atoms with Gasteiger partial charge in [-0.3, -0.25) is 0 Å². The molecule has 0 radical (unpaired) electrons. The van der Waals surface area contributed by atoms with E-state index in [4.69, 9.17) is 0 Å². The number of nitrogens with zero attached hydrogens (tertiary/aromatic N) is 2. The highest BCUT2D eigenvalue weighted by Crippen LogP contribution is 2.51. The van der Waals surface area contributed by atoms with Gasteiger partial charge in [-0.2, -0.15) is 0 Å². The minimum atomic E-state index is 1.11. The lowest BCUT2D eigenvalue weighted by molar-refractivity contribution is 1.30. The van der Waals surface area contributed by atoms with E-state index in [1.807, 2.05) is 22.7 Å². The fraction of sp³-hybridized carbons (Fsp3) is 0. The van der Waals surface area contributed by atoms with Gasteiger partial charge in [0, 0.05) is 73.6 Å². The van der Waals surface area contributed by atoms with Gasteiger partial charge in [-0.05, 0) is 105 Å². The van der Waals surface area contributed by atoms with Crippen LogP contribution in [0.3, 0.4) is 0 Å². The normalized spacial score (nSPS) is 11.7. The summed E-state index contributed by atoms with van der Waals surface area (Å²) in [5.41, 5.74) is 11.3. The van der Waals surface area contributed by atoms with Crippen LogP contribution in [0.5, 0.6) is 0 Å². The Morgan fingerprint density at radius 2 is 0.600 bits per heavy atom. The molecule has 14 aromatic rings. The molecule has 2 nitrogen and oxygen atoms in total. The lowest BCUT2D eigenvalue weighted by atomic mass is 9.93. The van der Waals surface area contributed by atoms with Crippen LogP contribution in [0.2, 0.25) is 0 Å². The third kappa shape index (κ3) is 6.75. The molecule has 14 rings (SSSR count). The zero-order valence-corrected chi connectivity index (χ0v) is 39.6. The largest absolute Gasteiger partial charge is 0.309 e. The maximum atomic E-state index is 2.51. The first kappa shape index (κ1) is 40.5. The molecule has 0 aliphatic rings. The maximum absolute atomic E-state index is 2.51. The minimum absolute atomic E-state index is 1.11. The topological polar surface area (TPSA) is 6.48 Å². The van der Waals surface area contributed by atoms with Gasteiger partial charge < -0.3 is 9.80 Å². The van der Waals surface area contributed by atoms with Crippen molar-refractivity contribution in [2.24, 2.45) is 0 Å². The van der Waals surface area contributed by atoms with Crippen molar-refractivity contribution in [2.45, 2.75) is 0 Å². The standard InChI is InChI=1S/C66H42N2S2/c1-3-17-45(18-4-1)57-37-47-40-62(68(60-30-16-24-44-22-8-10-26-52(44)60)50-34-36-56-54-28-12-14-32-64(54)70-66(56)42-50)58(46-19-5-2-6-20-46)38-48(47)39-61(57)67(59-29-15-23-43-21-7-9-25-51(43)59)49-33-35-55-53-27-11-13-31-63(53)69-65(55)41-49/h1-42H. The summed E-state index contributed by atoms with van der Waals surface area (Å²) in [6.45, 7) is 0. The van der Waals surface area contributed by atoms with Gasteiger partial charge in [0.05, 0.1) is 22.7 Å². The van der Waals surface area contributed by atoms with Crippen LogP contribution in [0.1, 0.15) is 0 Å². The second kappa shape index (κ2) is 16.6. The van der Waals surface area contributed by atoms with Gasteiger partial charge in [-0.1, -0.05) is 182 Å². The molecular weight excluding hydrogens is 885 g/mol. The van der Waals surface area contributed by atoms with E-state index < -0.39 is 0 Å². The summed E-state index contributed by atoms with van der Waals surface area (Å²) in [4.78, 5) is 5.01. The van der Waals surface area contributed by atoms with E-state index in [0.717, 1.165) is 67.2 Å². The second-order valence-electron chi connectivity index (χ2n) is 18.0. The molecule has 0 spiro atoms. The second-order valence-corrected chi connectivity index (χ2v) is 20.2. The number of hydrogen-bond acceptors (Lipinski definition) is 4. The van der Waals surface area contributed by atoms with Crippen LogP contribution in [-0.4, -0.2) is 0 Å². The summed E-state index contributed by atoms with van der Waals surface area (Å²) in [7, 11) is 0. The molecule has 0 amide bonds. The van der Waals surface area contributed by atoms with Crippen molar-refractivity contribution in [3.05, 3.63) is 255 Å². The number of hydrogen-bond donors (Lipinski definition) is 0. The Morgan fingerprint density at radius 1 is 0.229 bits per heavy atom. The average molecular weight is 927 g/mol. The Labute approximate surface area is 413 Å². The molecule has 4 heteroatoms. The van der Waals surface area contributed by atoms with Crippen molar-refractivity contribution in [3.8, 4) is 22.3 Å². The molecule has 0 N–H and O–H groups in total. The SMILES string of the molecule is c1ccc(-c2cc3cc(N(c4ccc5c(c4)sc4ccccc45)c4cccc5ccccc45)c(-c4ccccc4)cc3cc2N(c2ccc3c(c2)sc2ccccc23)c2cccc3ccccc23)cc1. The van der Waals surface area contributed by atoms with E-state index >= 15 is 0 Å². The first-order chi connectivity index (χ1) is 34.7. The van der Waals surface area contributed by atoms with Crippen molar-refractivity contribution < 1.29 is 0 Å². The predicted octanol–water partition coefficient (Wildman–Crippen LogP) is 20.2. The average Bonchev–Trinajstić information content (AvgIpc) is 3.99. The lowest BCUT2D eigenvalue weighted by Crippen LogP contribution is -2.13. The van der Waals surface area contributed by atoms with Gasteiger partial charge in [0.1, 0.15) is 0 Å². The molecule has 2 aromatic heterocycles. The summed E-state index contributed by atoms with van der Waals surface area (Å²) in [5.74, 6) is 0. The monoisotopic (exact) mass is 926 g/mol. The molecule has 70 heavy (non-hydrogen) atoms. The fourth-order valence-electron chi connectivity index (χ4n) is 10.7. The number of anilines is 6. The summed E-state index contributed by atoms with van der Waals surface area (Å²) >= 11 is 3.72. The fourth-order valence-corrected chi connectivity index (χ4v) is 13.0. The third-order valence-electron chi connectivity index (χ3n) is 14.0. The molecule has 0 atom stereocenters. The van der Waals surface area contributed by atoms with Crippen LogP contribution in [0, 0.1) is 0 Å². The van der Waals surface area contributed by atoms with Crippen LogP contribution in [0.25, 0.3) is 94.9 Å². The Hall–Kier alpha value is -8.54.